The zero-order valence-electron chi connectivity index (χ0n) is 63.1. The van der Waals surface area contributed by atoms with Crippen molar-refractivity contribution in [3.8, 4) is 33.4 Å². The average Bonchev–Trinajstić information content (AvgIpc) is 1.28. The van der Waals surface area contributed by atoms with E-state index in [2.05, 4.69) is 406 Å². The van der Waals surface area contributed by atoms with Crippen LogP contribution in [0.5, 0.6) is 0 Å². The first kappa shape index (κ1) is 66.9. The van der Waals surface area contributed by atoms with Gasteiger partial charge in [-0.1, -0.05) is 253 Å². The van der Waals surface area contributed by atoms with Gasteiger partial charge in [-0.25, -0.2) is 0 Å². The second-order valence-electron chi connectivity index (χ2n) is 33.4. The van der Waals surface area contributed by atoms with Gasteiger partial charge < -0.3 is 28.4 Å². The fraction of sp³-hybridized carbons (Fsp3) is 0.160. The monoisotopic (exact) mass is 1390 g/mol. The minimum absolute atomic E-state index is 0.0413. The van der Waals surface area contributed by atoms with Crippen LogP contribution in [0.1, 0.15) is 105 Å². The summed E-state index contributed by atoms with van der Waals surface area (Å²) >= 11 is 0. The van der Waals surface area contributed by atoms with Gasteiger partial charge in [0.25, 0.3) is 6.71 Å². The second-order valence-corrected chi connectivity index (χ2v) is 33.4. The van der Waals surface area contributed by atoms with Crippen molar-refractivity contribution in [2.75, 3.05) is 19.6 Å². The fourth-order valence-corrected chi connectivity index (χ4v) is 16.6. The Balaban J connectivity index is 0.990. The van der Waals surface area contributed by atoms with Gasteiger partial charge in [-0.3, -0.25) is 0 Å². The van der Waals surface area contributed by atoms with E-state index in [1.165, 1.54) is 38.6 Å². The van der Waals surface area contributed by atoms with E-state index < -0.39 is 0 Å². The molecule has 2 aliphatic rings. The quantitative estimate of drug-likeness (QED) is 0.120. The van der Waals surface area contributed by atoms with Gasteiger partial charge in [-0.2, -0.15) is 0 Å². The Morgan fingerprint density at radius 2 is 0.617 bits per heavy atom. The molecular weight excluding hydrogens is 1300 g/mol. The van der Waals surface area contributed by atoms with Gasteiger partial charge in [0, 0.05) is 89.5 Å². The van der Waals surface area contributed by atoms with E-state index >= 15 is 0 Å². The molecule has 0 spiro atoms. The number of hydrogen-bond acceptors (Lipinski definition) is 6. The smallest absolute Gasteiger partial charge is 0.252 e. The lowest BCUT2D eigenvalue weighted by molar-refractivity contribution is 0.590. The van der Waals surface area contributed by atoms with Gasteiger partial charge in [0.05, 0.1) is 11.4 Å². The van der Waals surface area contributed by atoms with E-state index in [4.69, 9.17) is 8.83 Å². The summed E-state index contributed by atoms with van der Waals surface area (Å²) in [6.07, 6.45) is 0. The lowest BCUT2D eigenvalue weighted by Gasteiger charge is -2.46. The maximum atomic E-state index is 6.90. The van der Waals surface area contributed by atoms with E-state index in [9.17, 15) is 0 Å². The molecule has 16 aromatic rings. The van der Waals surface area contributed by atoms with Gasteiger partial charge >= 0.3 is 0 Å². The van der Waals surface area contributed by atoms with Crippen molar-refractivity contribution in [1.29, 1.82) is 0 Å². The molecule has 107 heavy (non-hydrogen) atoms. The maximum absolute atomic E-state index is 6.90. The minimum atomic E-state index is -0.270. The van der Waals surface area contributed by atoms with Crippen LogP contribution in [0.2, 0.25) is 0 Å². The minimum Gasteiger partial charge on any atom is -0.456 e. The molecule has 2 aromatic heterocycles. The molecule has 0 amide bonds. The van der Waals surface area contributed by atoms with Gasteiger partial charge in [-0.15, -0.1) is 0 Å². The highest BCUT2D eigenvalue weighted by Gasteiger charge is 2.46. The molecule has 0 bridgehead atoms. The number of benzene rings is 14. The zero-order chi connectivity index (χ0) is 73.4. The van der Waals surface area contributed by atoms with Crippen LogP contribution in [0.4, 0.5) is 68.2 Å². The van der Waals surface area contributed by atoms with Gasteiger partial charge in [0.1, 0.15) is 22.3 Å². The van der Waals surface area contributed by atoms with Crippen LogP contribution in [-0.4, -0.2) is 6.71 Å². The highest BCUT2D eigenvalue weighted by atomic mass is 16.3. The molecular formula is C100H87BN4O2. The first-order valence-corrected chi connectivity index (χ1v) is 37.7. The van der Waals surface area contributed by atoms with Crippen LogP contribution in [0, 0.1) is 0 Å². The van der Waals surface area contributed by atoms with E-state index in [0.717, 1.165) is 146 Å². The molecule has 0 saturated heterocycles. The number of fused-ring (bicyclic) bond motifs is 11. The van der Waals surface area contributed by atoms with Crippen LogP contribution in [-0.2, 0) is 21.7 Å². The Morgan fingerprint density at radius 3 is 1.06 bits per heavy atom. The van der Waals surface area contributed by atoms with Gasteiger partial charge in [0.2, 0.25) is 0 Å². The van der Waals surface area contributed by atoms with Crippen LogP contribution in [0.25, 0.3) is 77.3 Å². The summed E-state index contributed by atoms with van der Waals surface area (Å²) in [7, 11) is 0. The molecule has 14 aromatic carbocycles. The predicted octanol–water partition coefficient (Wildman–Crippen LogP) is 26.7. The lowest BCUT2D eigenvalue weighted by atomic mass is 9.33. The normalized spacial score (nSPS) is 13.0. The van der Waals surface area contributed by atoms with Crippen LogP contribution in [0.15, 0.2) is 318 Å². The summed E-state index contributed by atoms with van der Waals surface area (Å²) in [6.45, 7) is 27.5. The van der Waals surface area contributed by atoms with Crippen LogP contribution in [0.3, 0.4) is 0 Å². The highest BCUT2D eigenvalue weighted by Crippen LogP contribution is 2.54. The molecule has 2 aliphatic heterocycles. The standard InChI is InChI=1S/C100H87BN4O2/c1-97(2,3)68-38-44-74(45-39-68)103(75-46-40-69(41-47-75)98(4,5)6)77-49-51-83-87(63-77)105(85-53-43-71(100(10,11)12)61-80(85)65-29-19-14-20-30-65)89-59-67(66-37-54-91-81(57-66)95-93(107-91)56-55-92-94(95)78-35-25-26-36-90(78)106-92)58-88-96(89)101(83)82-50-48-76(102(72-31-21-15-22-32-72)73-33-23-16-24-34-73)62-86(82)104(88)84-52-42-70(99(7,8)9)60-79(84)64-27-17-13-18-28-64/h13-63H,1-12H3. The molecule has 0 radical (unpaired) electrons. The Labute approximate surface area is 629 Å². The van der Waals surface area contributed by atoms with E-state index in [1.54, 1.807) is 0 Å². The van der Waals surface area contributed by atoms with Gasteiger partial charge in [-0.05, 0) is 222 Å². The average molecular weight is 1390 g/mol. The highest BCUT2D eigenvalue weighted by molar-refractivity contribution is 7.00. The third kappa shape index (κ3) is 11.7. The Bertz CT molecular complexity index is 6010. The summed E-state index contributed by atoms with van der Waals surface area (Å²) in [5.74, 6) is 0. The van der Waals surface area contributed by atoms with E-state index in [0.29, 0.717) is 0 Å². The van der Waals surface area contributed by atoms with Gasteiger partial charge in [0.15, 0.2) is 0 Å². The molecule has 0 unspecified atom stereocenters. The molecule has 0 saturated carbocycles. The molecule has 4 heterocycles. The summed E-state index contributed by atoms with van der Waals surface area (Å²) in [4.78, 5) is 10.2. The number of hydrogen-bond donors (Lipinski definition) is 0. The van der Waals surface area contributed by atoms with Crippen molar-refractivity contribution >= 4 is 135 Å². The van der Waals surface area contributed by atoms with Crippen LogP contribution >= 0.6 is 0 Å². The largest absolute Gasteiger partial charge is 0.456 e. The van der Waals surface area contributed by atoms with Crippen molar-refractivity contribution in [3.63, 3.8) is 0 Å². The topological polar surface area (TPSA) is 39.2 Å². The van der Waals surface area contributed by atoms with Crippen molar-refractivity contribution in [3.05, 3.63) is 332 Å². The lowest BCUT2D eigenvalue weighted by Crippen LogP contribution is -2.61. The molecule has 0 atom stereocenters. The molecule has 522 valence electrons. The van der Waals surface area contributed by atoms with Crippen molar-refractivity contribution in [2.45, 2.75) is 105 Å². The SMILES string of the molecule is CC(C)(C)c1ccc(N(c2ccc(C(C)(C)C)cc2)c2ccc3c(c2)N(c2ccc(C(C)(C)C)cc2-c2ccccc2)c2cc(-c4ccc5oc6ccc7oc8ccccc8c7c6c5c4)cc4c2B3c2ccc(N(c3ccccc3)c3ccccc3)cc2N4c2ccc(C(C)(C)C)cc2-c2ccccc2)cc1. The second kappa shape index (κ2) is 25.3. The maximum Gasteiger partial charge on any atom is 0.252 e. The molecule has 0 N–H and O–H groups in total. The van der Waals surface area contributed by atoms with Crippen LogP contribution < -0.4 is 36.0 Å². The first-order chi connectivity index (χ1) is 51.6. The summed E-state index contributed by atoms with van der Waals surface area (Å²) in [5.41, 5.74) is 31.2. The predicted molar refractivity (Wildman–Crippen MR) is 455 cm³/mol. The number of rotatable bonds is 11. The third-order valence-corrected chi connectivity index (χ3v) is 22.3. The molecule has 0 aliphatic carbocycles. The van der Waals surface area contributed by atoms with Crippen molar-refractivity contribution in [1.82, 2.24) is 0 Å². The number of anilines is 12. The molecule has 7 heteroatoms. The van der Waals surface area contributed by atoms with Crippen molar-refractivity contribution in [2.24, 2.45) is 0 Å². The van der Waals surface area contributed by atoms with E-state index in [1.807, 2.05) is 6.07 Å². The molecule has 6 nitrogen and oxygen atoms in total. The summed E-state index contributed by atoms with van der Waals surface area (Å²) in [5, 5.41) is 4.18. The Kier molecular flexibility index (Phi) is 15.8. The summed E-state index contributed by atoms with van der Waals surface area (Å²) in [6, 6.07) is 116. The molecule has 0 fully saturated rings. The van der Waals surface area contributed by atoms with E-state index in [-0.39, 0.29) is 28.4 Å². The third-order valence-electron chi connectivity index (χ3n) is 22.3. The Hall–Kier alpha value is -12.1. The first-order valence-electron chi connectivity index (χ1n) is 37.7. The summed E-state index contributed by atoms with van der Waals surface area (Å²) < 4.78 is 13.5. The number of nitrogens with zero attached hydrogens (tertiary/aromatic N) is 4. The zero-order valence-corrected chi connectivity index (χ0v) is 63.1. The van der Waals surface area contributed by atoms with Crippen molar-refractivity contribution < 1.29 is 8.83 Å². The fourth-order valence-electron chi connectivity index (χ4n) is 16.6. The molecule has 18 rings (SSSR count). The number of furan rings is 2. The number of para-hydroxylation sites is 3. The Morgan fingerprint density at radius 1 is 0.252 bits per heavy atom.